The number of nitrogen functional groups attached to an aromatic ring is 1. The minimum Gasteiger partial charge on any atom is -0.384 e. The summed E-state index contributed by atoms with van der Waals surface area (Å²) in [5.74, 6) is -0.395. The average molecular weight is 277 g/mol. The van der Waals surface area contributed by atoms with E-state index in [1.54, 1.807) is 0 Å². The van der Waals surface area contributed by atoms with Gasteiger partial charge in [-0.15, -0.1) is 0 Å². The summed E-state index contributed by atoms with van der Waals surface area (Å²) in [6.45, 7) is 0. The lowest BCUT2D eigenvalue weighted by Gasteiger charge is -2.06. The molecule has 4 nitrogen and oxygen atoms in total. The number of aromatic nitrogens is 1. The van der Waals surface area contributed by atoms with Crippen LogP contribution in [0.2, 0.25) is 5.02 Å². The Kier molecular flexibility index (Phi) is 3.37. The Labute approximate surface area is 93.4 Å². The van der Waals surface area contributed by atoms with Crippen molar-refractivity contribution in [2.24, 2.45) is 0 Å². The molecule has 0 atom stereocenters. The standard InChI is InChI=1S/C6H4Cl2F2N2O2S/c7-4-2(15(8,13)14)1-3(11)12-5(4)6(9)10/h1,6H,(H2,11,12). The van der Waals surface area contributed by atoms with Crippen LogP contribution in [0, 0.1) is 0 Å². The van der Waals surface area contributed by atoms with Gasteiger partial charge in [-0.2, -0.15) is 0 Å². The molecule has 2 N–H and O–H groups in total. The zero-order valence-corrected chi connectivity index (χ0v) is 9.24. The highest BCUT2D eigenvalue weighted by molar-refractivity contribution is 8.13. The third-order valence-corrected chi connectivity index (χ3v) is 3.29. The molecule has 15 heavy (non-hydrogen) atoms. The minimum absolute atomic E-state index is 0.395. The maximum atomic E-state index is 12.3. The molecule has 0 fully saturated rings. The number of nitrogens with zero attached hydrogens (tertiary/aromatic N) is 1. The van der Waals surface area contributed by atoms with E-state index in [0.717, 1.165) is 6.07 Å². The largest absolute Gasteiger partial charge is 0.384 e. The zero-order chi connectivity index (χ0) is 11.8. The molecule has 0 amide bonds. The second-order valence-electron chi connectivity index (χ2n) is 2.48. The lowest BCUT2D eigenvalue weighted by molar-refractivity contribution is 0.146. The summed E-state index contributed by atoms with van der Waals surface area (Å²) in [5, 5.41) is -0.714. The Hall–Kier alpha value is -0.660. The molecule has 0 unspecified atom stereocenters. The van der Waals surface area contributed by atoms with Crippen molar-refractivity contribution in [2.75, 3.05) is 5.73 Å². The Balaban J connectivity index is 3.56. The lowest BCUT2D eigenvalue weighted by Crippen LogP contribution is -2.03. The first-order valence-electron chi connectivity index (χ1n) is 3.42. The fourth-order valence-corrected chi connectivity index (χ4v) is 2.41. The number of rotatable bonds is 2. The number of hydrogen-bond donors (Lipinski definition) is 1. The van der Waals surface area contributed by atoms with Crippen molar-refractivity contribution >= 4 is 37.2 Å². The van der Waals surface area contributed by atoms with E-state index >= 15 is 0 Å². The summed E-state index contributed by atoms with van der Waals surface area (Å²) in [6.07, 6.45) is -3.03. The Bertz CT molecular complexity index is 492. The third kappa shape index (κ3) is 2.67. The first-order chi connectivity index (χ1) is 6.73. The molecule has 9 heteroatoms. The molecule has 84 valence electrons. The highest BCUT2D eigenvalue weighted by Crippen LogP contribution is 2.33. The van der Waals surface area contributed by atoms with Gasteiger partial charge in [0.2, 0.25) is 0 Å². The van der Waals surface area contributed by atoms with Crippen molar-refractivity contribution in [1.29, 1.82) is 0 Å². The highest BCUT2D eigenvalue weighted by Gasteiger charge is 2.24. The highest BCUT2D eigenvalue weighted by atomic mass is 35.7. The van der Waals surface area contributed by atoms with Crippen molar-refractivity contribution < 1.29 is 17.2 Å². The summed E-state index contributed by atoms with van der Waals surface area (Å²) >= 11 is 5.40. The van der Waals surface area contributed by atoms with E-state index in [-0.39, 0.29) is 0 Å². The van der Waals surface area contributed by atoms with Gasteiger partial charge in [-0.25, -0.2) is 22.2 Å². The second kappa shape index (κ2) is 4.07. The predicted molar refractivity (Wildman–Crippen MR) is 51.7 cm³/mol. The zero-order valence-electron chi connectivity index (χ0n) is 6.92. The van der Waals surface area contributed by atoms with Crippen LogP contribution in [0.15, 0.2) is 11.0 Å². The molecule has 0 saturated heterocycles. The van der Waals surface area contributed by atoms with Gasteiger partial charge >= 0.3 is 0 Å². The summed E-state index contributed by atoms with van der Waals surface area (Å²) in [5.41, 5.74) is 4.23. The summed E-state index contributed by atoms with van der Waals surface area (Å²) in [6, 6.07) is 0.816. The SMILES string of the molecule is Nc1cc(S(=O)(=O)Cl)c(Cl)c(C(F)F)n1. The van der Waals surface area contributed by atoms with Crippen molar-refractivity contribution in [3.8, 4) is 0 Å². The third-order valence-electron chi connectivity index (χ3n) is 1.44. The summed E-state index contributed by atoms with van der Waals surface area (Å²) in [7, 11) is 0.747. The number of hydrogen-bond acceptors (Lipinski definition) is 4. The summed E-state index contributed by atoms with van der Waals surface area (Å²) < 4.78 is 46.5. The molecular weight excluding hydrogens is 273 g/mol. The quantitative estimate of drug-likeness (QED) is 0.841. The molecule has 1 aromatic rings. The number of alkyl halides is 2. The number of pyridine rings is 1. The maximum absolute atomic E-state index is 12.3. The van der Waals surface area contributed by atoms with Gasteiger partial charge in [-0.3, -0.25) is 0 Å². The molecule has 1 rings (SSSR count). The second-order valence-corrected chi connectivity index (χ2v) is 5.40. The Morgan fingerprint density at radius 3 is 2.40 bits per heavy atom. The van der Waals surface area contributed by atoms with E-state index in [9.17, 15) is 17.2 Å². The van der Waals surface area contributed by atoms with Gasteiger partial charge in [-0.1, -0.05) is 11.6 Å². The van der Waals surface area contributed by atoms with Crippen molar-refractivity contribution in [3.05, 3.63) is 16.8 Å². The van der Waals surface area contributed by atoms with Crippen LogP contribution >= 0.6 is 22.3 Å². The van der Waals surface area contributed by atoms with Crippen molar-refractivity contribution in [2.45, 2.75) is 11.3 Å². The minimum atomic E-state index is -4.23. The van der Waals surface area contributed by atoms with E-state index in [1.807, 2.05) is 0 Å². The number of nitrogens with two attached hydrogens (primary N) is 1. The monoisotopic (exact) mass is 276 g/mol. The molecule has 0 spiro atoms. The molecular formula is C6H4Cl2F2N2O2S. The first kappa shape index (κ1) is 12.4. The molecule has 0 aromatic carbocycles. The number of anilines is 1. The van der Waals surface area contributed by atoms with Crippen LogP contribution in [0.5, 0.6) is 0 Å². The van der Waals surface area contributed by atoms with Crippen LogP contribution in [0.3, 0.4) is 0 Å². The van der Waals surface area contributed by atoms with E-state index in [0.29, 0.717) is 0 Å². The van der Waals surface area contributed by atoms with E-state index < -0.39 is 36.9 Å². The van der Waals surface area contributed by atoms with Gasteiger partial charge < -0.3 is 5.73 Å². The average Bonchev–Trinajstić information content (AvgIpc) is 2.06. The Morgan fingerprint density at radius 1 is 1.47 bits per heavy atom. The molecule has 1 aromatic heterocycles. The van der Waals surface area contributed by atoms with Crippen LogP contribution in [-0.2, 0) is 9.05 Å². The maximum Gasteiger partial charge on any atom is 0.281 e. The molecule has 0 aliphatic heterocycles. The fourth-order valence-electron chi connectivity index (χ4n) is 0.866. The van der Waals surface area contributed by atoms with E-state index in [2.05, 4.69) is 4.98 Å². The van der Waals surface area contributed by atoms with Gasteiger partial charge in [0.15, 0.2) is 0 Å². The first-order valence-corrected chi connectivity index (χ1v) is 6.11. The molecule has 1 heterocycles. The predicted octanol–water partition coefficient (Wildman–Crippen LogP) is 2.18. The van der Waals surface area contributed by atoms with Crippen LogP contribution in [0.1, 0.15) is 12.1 Å². The molecule has 0 saturated carbocycles. The van der Waals surface area contributed by atoms with E-state index in [4.69, 9.17) is 28.0 Å². The Morgan fingerprint density at radius 2 is 2.00 bits per heavy atom. The summed E-state index contributed by atoms with van der Waals surface area (Å²) in [4.78, 5) is 2.55. The van der Waals surface area contributed by atoms with Gasteiger partial charge in [0, 0.05) is 16.7 Å². The van der Waals surface area contributed by atoms with Gasteiger partial charge in [0.25, 0.3) is 15.5 Å². The fraction of sp³-hybridized carbons (Fsp3) is 0.167. The van der Waals surface area contributed by atoms with Gasteiger partial charge in [-0.05, 0) is 0 Å². The normalized spacial score (nSPS) is 12.1. The smallest absolute Gasteiger partial charge is 0.281 e. The van der Waals surface area contributed by atoms with Crippen molar-refractivity contribution in [3.63, 3.8) is 0 Å². The van der Waals surface area contributed by atoms with Crippen LogP contribution in [0.25, 0.3) is 0 Å². The lowest BCUT2D eigenvalue weighted by atomic mass is 10.3. The number of halogens is 4. The van der Waals surface area contributed by atoms with Gasteiger partial charge in [0.05, 0.1) is 5.02 Å². The van der Waals surface area contributed by atoms with Crippen LogP contribution in [0.4, 0.5) is 14.6 Å². The topological polar surface area (TPSA) is 73.1 Å². The molecule has 0 aliphatic carbocycles. The van der Waals surface area contributed by atoms with Crippen molar-refractivity contribution in [1.82, 2.24) is 4.98 Å². The molecule has 0 bridgehead atoms. The van der Waals surface area contributed by atoms with Crippen LogP contribution in [-0.4, -0.2) is 13.4 Å². The van der Waals surface area contributed by atoms with Gasteiger partial charge in [0.1, 0.15) is 16.4 Å². The van der Waals surface area contributed by atoms with Crippen LogP contribution < -0.4 is 5.73 Å². The molecule has 0 aliphatic rings. The van der Waals surface area contributed by atoms with E-state index in [1.165, 1.54) is 0 Å². The molecule has 0 radical (unpaired) electrons.